The minimum atomic E-state index is -0.841. The van der Waals surface area contributed by atoms with E-state index in [1.807, 2.05) is 37.8 Å². The Labute approximate surface area is 148 Å². The molecule has 1 amide bonds. The molecule has 2 unspecified atom stereocenters. The molecule has 2 atom stereocenters. The number of nitrogens with zero attached hydrogens (tertiary/aromatic N) is 2. The van der Waals surface area contributed by atoms with Crippen LogP contribution in [0.15, 0.2) is 18.3 Å². The third-order valence-electron chi connectivity index (χ3n) is 5.02. The molecule has 2 aliphatic rings. The molecule has 1 saturated carbocycles. The average Bonchev–Trinajstić information content (AvgIpc) is 3.04. The molecule has 3 rings (SSSR count). The summed E-state index contributed by atoms with van der Waals surface area (Å²) in [6.07, 6.45) is 3.51. The zero-order valence-electron chi connectivity index (χ0n) is 15.1. The van der Waals surface area contributed by atoms with Crippen molar-refractivity contribution < 1.29 is 19.4 Å². The molecule has 0 radical (unpaired) electrons. The molecule has 2 fully saturated rings. The van der Waals surface area contributed by atoms with E-state index in [1.165, 1.54) is 0 Å². The van der Waals surface area contributed by atoms with E-state index in [9.17, 15) is 9.59 Å². The summed E-state index contributed by atoms with van der Waals surface area (Å²) in [5, 5.41) is 8.83. The maximum atomic E-state index is 12.2. The van der Waals surface area contributed by atoms with Crippen molar-refractivity contribution >= 4 is 12.1 Å². The summed E-state index contributed by atoms with van der Waals surface area (Å²) in [6, 6.07) is 3.81. The predicted octanol–water partition coefficient (Wildman–Crippen LogP) is 3.07. The molecule has 6 nitrogen and oxygen atoms in total. The van der Waals surface area contributed by atoms with Gasteiger partial charge >= 0.3 is 12.1 Å². The molecule has 1 aromatic heterocycles. The molecular formula is C19H26N2O4. The van der Waals surface area contributed by atoms with Gasteiger partial charge in [0.25, 0.3) is 0 Å². The Morgan fingerprint density at radius 2 is 1.88 bits per heavy atom. The molecule has 136 valence electrons. The van der Waals surface area contributed by atoms with Crippen LogP contribution in [0.1, 0.15) is 50.8 Å². The van der Waals surface area contributed by atoms with Crippen LogP contribution in [0.5, 0.6) is 0 Å². The predicted molar refractivity (Wildman–Crippen MR) is 92.3 cm³/mol. The van der Waals surface area contributed by atoms with Crippen molar-refractivity contribution in [2.24, 2.45) is 11.8 Å². The SMILES string of the molecule is CC(C)(C)OC(=O)N1CC2CC(c3ccc(CC(=O)O)cn3)CC2C1. The van der Waals surface area contributed by atoms with Gasteiger partial charge in [-0.05, 0) is 57.1 Å². The van der Waals surface area contributed by atoms with Crippen LogP contribution in [0, 0.1) is 11.8 Å². The average molecular weight is 346 g/mol. The zero-order chi connectivity index (χ0) is 18.2. The maximum absolute atomic E-state index is 12.2. The molecule has 6 heteroatoms. The number of ether oxygens (including phenoxy) is 1. The number of aliphatic carboxylic acids is 1. The van der Waals surface area contributed by atoms with Crippen molar-refractivity contribution in [1.82, 2.24) is 9.88 Å². The molecule has 0 bridgehead atoms. The Kier molecular flexibility index (Phi) is 4.71. The van der Waals surface area contributed by atoms with E-state index >= 15 is 0 Å². The Bertz CT molecular complexity index is 636. The number of carbonyl (C=O) groups is 2. The Morgan fingerprint density at radius 3 is 2.36 bits per heavy atom. The summed E-state index contributed by atoms with van der Waals surface area (Å²) in [7, 11) is 0. The van der Waals surface area contributed by atoms with Crippen LogP contribution >= 0.6 is 0 Å². The lowest BCUT2D eigenvalue weighted by Crippen LogP contribution is -2.36. The molecule has 1 saturated heterocycles. The number of carboxylic acids is 1. The first-order valence-electron chi connectivity index (χ1n) is 8.86. The number of pyridine rings is 1. The van der Waals surface area contributed by atoms with E-state index in [-0.39, 0.29) is 12.5 Å². The number of carbonyl (C=O) groups excluding carboxylic acids is 1. The van der Waals surface area contributed by atoms with E-state index in [4.69, 9.17) is 9.84 Å². The van der Waals surface area contributed by atoms with Gasteiger partial charge in [-0.2, -0.15) is 0 Å². The lowest BCUT2D eigenvalue weighted by Gasteiger charge is -2.25. The van der Waals surface area contributed by atoms with Gasteiger partial charge in [0.1, 0.15) is 5.60 Å². The Balaban J connectivity index is 1.56. The lowest BCUT2D eigenvalue weighted by molar-refractivity contribution is -0.136. The van der Waals surface area contributed by atoms with Gasteiger partial charge in [0.05, 0.1) is 6.42 Å². The first kappa shape index (κ1) is 17.7. The molecule has 2 heterocycles. The summed E-state index contributed by atoms with van der Waals surface area (Å²) in [6.45, 7) is 7.17. The van der Waals surface area contributed by atoms with Crippen LogP contribution in [-0.4, -0.2) is 45.7 Å². The first-order chi connectivity index (χ1) is 11.7. The van der Waals surface area contributed by atoms with Gasteiger partial charge in [-0.25, -0.2) is 4.79 Å². The van der Waals surface area contributed by atoms with E-state index in [0.717, 1.165) is 37.2 Å². The molecule has 25 heavy (non-hydrogen) atoms. The molecule has 1 aromatic rings. The van der Waals surface area contributed by atoms with Gasteiger partial charge in [-0.15, -0.1) is 0 Å². The Hall–Kier alpha value is -2.11. The highest BCUT2D eigenvalue weighted by Crippen LogP contribution is 2.45. The fourth-order valence-electron chi connectivity index (χ4n) is 3.97. The van der Waals surface area contributed by atoms with Crippen molar-refractivity contribution in [3.63, 3.8) is 0 Å². The summed E-state index contributed by atoms with van der Waals surface area (Å²) < 4.78 is 5.47. The van der Waals surface area contributed by atoms with Crippen LogP contribution in [-0.2, 0) is 16.0 Å². The van der Waals surface area contributed by atoms with Gasteiger partial charge in [-0.1, -0.05) is 6.07 Å². The van der Waals surface area contributed by atoms with E-state index in [0.29, 0.717) is 17.8 Å². The van der Waals surface area contributed by atoms with Gasteiger partial charge in [0, 0.05) is 30.9 Å². The van der Waals surface area contributed by atoms with Crippen LogP contribution in [0.25, 0.3) is 0 Å². The fourth-order valence-corrected chi connectivity index (χ4v) is 3.97. The molecule has 1 aliphatic heterocycles. The number of hydrogen-bond donors (Lipinski definition) is 1. The highest BCUT2D eigenvalue weighted by molar-refractivity contribution is 5.70. The van der Waals surface area contributed by atoms with Crippen molar-refractivity contribution in [3.8, 4) is 0 Å². The second-order valence-corrected chi connectivity index (χ2v) is 8.24. The monoisotopic (exact) mass is 346 g/mol. The van der Waals surface area contributed by atoms with Crippen LogP contribution in [0.2, 0.25) is 0 Å². The smallest absolute Gasteiger partial charge is 0.410 e. The van der Waals surface area contributed by atoms with Crippen molar-refractivity contribution in [3.05, 3.63) is 29.6 Å². The zero-order valence-corrected chi connectivity index (χ0v) is 15.1. The number of fused-ring (bicyclic) bond motifs is 1. The summed E-state index contributed by atoms with van der Waals surface area (Å²) in [4.78, 5) is 29.3. The highest BCUT2D eigenvalue weighted by atomic mass is 16.6. The van der Waals surface area contributed by atoms with Gasteiger partial charge < -0.3 is 14.7 Å². The van der Waals surface area contributed by atoms with E-state index < -0.39 is 11.6 Å². The number of rotatable bonds is 3. The third kappa shape index (κ3) is 4.30. The van der Waals surface area contributed by atoms with E-state index in [1.54, 1.807) is 6.20 Å². The van der Waals surface area contributed by atoms with Crippen molar-refractivity contribution in [2.75, 3.05) is 13.1 Å². The highest BCUT2D eigenvalue weighted by Gasteiger charge is 2.44. The van der Waals surface area contributed by atoms with Gasteiger partial charge in [-0.3, -0.25) is 9.78 Å². The first-order valence-corrected chi connectivity index (χ1v) is 8.86. The number of aromatic nitrogens is 1. The molecule has 1 N–H and O–H groups in total. The molecule has 0 aromatic carbocycles. The van der Waals surface area contributed by atoms with Gasteiger partial charge in [0.15, 0.2) is 0 Å². The second-order valence-electron chi connectivity index (χ2n) is 8.24. The minimum Gasteiger partial charge on any atom is -0.481 e. The van der Waals surface area contributed by atoms with E-state index in [2.05, 4.69) is 4.98 Å². The number of hydrogen-bond acceptors (Lipinski definition) is 4. The number of amides is 1. The van der Waals surface area contributed by atoms with Crippen LogP contribution in [0.3, 0.4) is 0 Å². The summed E-state index contributed by atoms with van der Waals surface area (Å²) in [5.74, 6) is 0.554. The number of likely N-dealkylation sites (tertiary alicyclic amines) is 1. The maximum Gasteiger partial charge on any atom is 0.410 e. The van der Waals surface area contributed by atoms with Crippen molar-refractivity contribution in [1.29, 1.82) is 0 Å². The van der Waals surface area contributed by atoms with Crippen molar-refractivity contribution in [2.45, 2.75) is 51.6 Å². The normalized spacial score (nSPS) is 25.7. The molecular weight excluding hydrogens is 320 g/mol. The Morgan fingerprint density at radius 1 is 1.24 bits per heavy atom. The quantitative estimate of drug-likeness (QED) is 0.910. The largest absolute Gasteiger partial charge is 0.481 e. The summed E-state index contributed by atoms with van der Waals surface area (Å²) in [5.41, 5.74) is 1.30. The summed E-state index contributed by atoms with van der Waals surface area (Å²) >= 11 is 0. The third-order valence-corrected chi connectivity index (χ3v) is 5.02. The number of carboxylic acid groups (broad SMARTS) is 1. The van der Waals surface area contributed by atoms with Crippen LogP contribution < -0.4 is 0 Å². The fraction of sp³-hybridized carbons (Fsp3) is 0.632. The molecule has 1 aliphatic carbocycles. The second kappa shape index (κ2) is 6.65. The van der Waals surface area contributed by atoms with Gasteiger partial charge in [0.2, 0.25) is 0 Å². The molecule has 0 spiro atoms. The standard InChI is InChI=1S/C19H26N2O4/c1-19(2,3)25-18(24)21-10-14-7-13(8-15(14)11-21)16-5-4-12(9-20-16)6-17(22)23/h4-5,9,13-15H,6-8,10-11H2,1-3H3,(H,22,23). The van der Waals surface area contributed by atoms with Crippen LogP contribution in [0.4, 0.5) is 4.79 Å². The topological polar surface area (TPSA) is 79.7 Å². The lowest BCUT2D eigenvalue weighted by atomic mass is 10.00. The minimum absolute atomic E-state index is 0.00798.